The van der Waals surface area contributed by atoms with Gasteiger partial charge in [-0.25, -0.2) is 0 Å². The van der Waals surface area contributed by atoms with Gasteiger partial charge in [-0.15, -0.1) is 0 Å². The van der Waals surface area contributed by atoms with Crippen LogP contribution in [0.1, 0.15) is 13.3 Å². The molecule has 66 valence electrons. The molecule has 2 unspecified atom stereocenters. The maximum absolute atomic E-state index is 10.3. The molecule has 0 radical (unpaired) electrons. The summed E-state index contributed by atoms with van der Waals surface area (Å²) in [4.78, 5) is 10.3. The van der Waals surface area contributed by atoms with Crippen molar-refractivity contribution in [1.82, 2.24) is 0 Å². The van der Waals surface area contributed by atoms with Crippen molar-refractivity contribution >= 4 is 18.6 Å². The first-order valence-corrected chi connectivity index (χ1v) is 3.99. The number of methoxy groups -OCH3 is 1. The molecule has 0 heterocycles. The third-order valence-electron chi connectivity index (χ3n) is 1.36. The van der Waals surface area contributed by atoms with Crippen LogP contribution in [0.3, 0.4) is 0 Å². The summed E-state index contributed by atoms with van der Waals surface area (Å²) in [6.45, 7) is 2.53. The number of thiol groups is 1. The van der Waals surface area contributed by atoms with Crippen LogP contribution in [0, 0.1) is 5.92 Å². The second kappa shape index (κ2) is 5.43. The van der Waals surface area contributed by atoms with Gasteiger partial charge < -0.3 is 9.84 Å². The molecule has 4 heteroatoms. The molecule has 0 aliphatic rings. The van der Waals surface area contributed by atoms with Crippen LogP contribution in [0.15, 0.2) is 0 Å². The summed E-state index contributed by atoms with van der Waals surface area (Å²) < 4.78 is 4.86. The molecule has 0 amide bonds. The van der Waals surface area contributed by atoms with Gasteiger partial charge in [0.05, 0.1) is 5.25 Å². The predicted octanol–water partition coefficient (Wildman–Crippen LogP) is 1.04. The molecule has 0 aliphatic carbocycles. The van der Waals surface area contributed by atoms with E-state index in [1.807, 2.05) is 6.92 Å². The Morgan fingerprint density at radius 1 is 1.73 bits per heavy atom. The molecule has 2 atom stereocenters. The molecule has 0 rings (SSSR count). The molecule has 0 aromatic carbocycles. The molecule has 0 aromatic heterocycles. The zero-order valence-electron chi connectivity index (χ0n) is 6.78. The monoisotopic (exact) mass is 178 g/mol. The Labute approximate surface area is 72.2 Å². The van der Waals surface area contributed by atoms with Crippen molar-refractivity contribution in [3.63, 3.8) is 0 Å². The van der Waals surface area contributed by atoms with Gasteiger partial charge in [0, 0.05) is 13.7 Å². The fourth-order valence-corrected chi connectivity index (χ4v) is 1.19. The summed E-state index contributed by atoms with van der Waals surface area (Å²) >= 11 is 3.90. The first-order valence-electron chi connectivity index (χ1n) is 3.47. The highest BCUT2D eigenvalue weighted by Crippen LogP contribution is 2.10. The maximum Gasteiger partial charge on any atom is 0.316 e. The van der Waals surface area contributed by atoms with E-state index in [1.165, 1.54) is 0 Å². The van der Waals surface area contributed by atoms with Crippen molar-refractivity contribution in [3.05, 3.63) is 0 Å². The van der Waals surface area contributed by atoms with Crippen molar-refractivity contribution in [1.29, 1.82) is 0 Å². The predicted molar refractivity (Wildman–Crippen MR) is 46.1 cm³/mol. The SMILES string of the molecule is COCC(C)CC(S)C(=O)O. The molecule has 0 fully saturated rings. The first kappa shape index (κ1) is 10.8. The third-order valence-corrected chi connectivity index (χ3v) is 1.79. The number of rotatable bonds is 5. The lowest BCUT2D eigenvalue weighted by atomic mass is 10.1. The average molecular weight is 178 g/mol. The number of hydrogen-bond donors (Lipinski definition) is 2. The van der Waals surface area contributed by atoms with Crippen molar-refractivity contribution < 1.29 is 14.6 Å². The topological polar surface area (TPSA) is 46.5 Å². The molecule has 1 N–H and O–H groups in total. The minimum atomic E-state index is -0.865. The number of ether oxygens (including phenoxy) is 1. The summed E-state index contributed by atoms with van der Waals surface area (Å²) in [7, 11) is 1.60. The second-order valence-corrected chi connectivity index (χ2v) is 3.27. The van der Waals surface area contributed by atoms with Gasteiger partial charge in [0.1, 0.15) is 0 Å². The zero-order valence-corrected chi connectivity index (χ0v) is 7.67. The highest BCUT2D eigenvalue weighted by atomic mass is 32.1. The fraction of sp³-hybridized carbons (Fsp3) is 0.857. The molecule has 0 aromatic rings. The van der Waals surface area contributed by atoms with Crippen LogP contribution in [-0.4, -0.2) is 30.0 Å². The Morgan fingerprint density at radius 3 is 2.64 bits per heavy atom. The van der Waals surface area contributed by atoms with Crippen molar-refractivity contribution in [2.45, 2.75) is 18.6 Å². The molecule has 0 spiro atoms. The van der Waals surface area contributed by atoms with Gasteiger partial charge in [-0.2, -0.15) is 12.6 Å². The standard InChI is InChI=1S/C7H14O3S/c1-5(4-10-2)3-6(11)7(8)9/h5-6,11H,3-4H2,1-2H3,(H,8,9). The molecule has 3 nitrogen and oxygen atoms in total. The maximum atomic E-state index is 10.3. The van der Waals surface area contributed by atoms with Gasteiger partial charge in [-0.1, -0.05) is 6.92 Å². The minimum Gasteiger partial charge on any atom is -0.480 e. The van der Waals surface area contributed by atoms with E-state index in [-0.39, 0.29) is 5.92 Å². The van der Waals surface area contributed by atoms with E-state index < -0.39 is 11.2 Å². The number of carboxylic acids is 1. The van der Waals surface area contributed by atoms with Gasteiger partial charge >= 0.3 is 5.97 Å². The van der Waals surface area contributed by atoms with Crippen LogP contribution < -0.4 is 0 Å². The summed E-state index contributed by atoms with van der Waals surface area (Å²) in [6, 6.07) is 0. The van der Waals surface area contributed by atoms with E-state index in [4.69, 9.17) is 9.84 Å². The Balaban J connectivity index is 3.56. The van der Waals surface area contributed by atoms with Crippen LogP contribution >= 0.6 is 12.6 Å². The molecule has 0 bridgehead atoms. The molecule has 0 saturated carbocycles. The Kier molecular flexibility index (Phi) is 5.32. The molecule has 0 aliphatic heterocycles. The van der Waals surface area contributed by atoms with Crippen LogP contribution in [0.25, 0.3) is 0 Å². The molecule has 0 saturated heterocycles. The fourth-order valence-electron chi connectivity index (χ4n) is 0.835. The molecular formula is C7H14O3S. The number of carboxylic acid groups (broad SMARTS) is 1. The normalized spacial score (nSPS) is 15.9. The lowest BCUT2D eigenvalue weighted by Gasteiger charge is -2.11. The highest BCUT2D eigenvalue weighted by molar-refractivity contribution is 7.81. The Morgan fingerprint density at radius 2 is 2.27 bits per heavy atom. The van der Waals surface area contributed by atoms with Gasteiger partial charge in [0.15, 0.2) is 0 Å². The van der Waals surface area contributed by atoms with Crippen molar-refractivity contribution in [2.24, 2.45) is 5.92 Å². The van der Waals surface area contributed by atoms with Crippen LogP contribution in [-0.2, 0) is 9.53 Å². The smallest absolute Gasteiger partial charge is 0.316 e. The highest BCUT2D eigenvalue weighted by Gasteiger charge is 2.15. The van der Waals surface area contributed by atoms with E-state index in [1.54, 1.807) is 7.11 Å². The van der Waals surface area contributed by atoms with Crippen LogP contribution in [0.2, 0.25) is 0 Å². The molecule has 11 heavy (non-hydrogen) atoms. The number of hydrogen-bond acceptors (Lipinski definition) is 3. The number of aliphatic carboxylic acids is 1. The van der Waals surface area contributed by atoms with Crippen LogP contribution in [0.4, 0.5) is 0 Å². The van der Waals surface area contributed by atoms with Gasteiger partial charge in [-0.3, -0.25) is 4.79 Å². The second-order valence-electron chi connectivity index (χ2n) is 2.65. The van der Waals surface area contributed by atoms with Gasteiger partial charge in [0.2, 0.25) is 0 Å². The summed E-state index contributed by atoms with van der Waals surface area (Å²) in [5.74, 6) is -0.616. The van der Waals surface area contributed by atoms with Crippen molar-refractivity contribution in [2.75, 3.05) is 13.7 Å². The summed E-state index contributed by atoms with van der Waals surface area (Å²) in [6.07, 6.45) is 0.548. The van der Waals surface area contributed by atoms with Gasteiger partial charge in [-0.05, 0) is 12.3 Å². The molecular weight excluding hydrogens is 164 g/mol. The van der Waals surface area contributed by atoms with E-state index >= 15 is 0 Å². The van der Waals surface area contributed by atoms with E-state index in [9.17, 15) is 4.79 Å². The first-order chi connectivity index (χ1) is 5.07. The zero-order chi connectivity index (χ0) is 8.85. The lowest BCUT2D eigenvalue weighted by Crippen LogP contribution is -2.18. The lowest BCUT2D eigenvalue weighted by molar-refractivity contribution is -0.136. The summed E-state index contributed by atoms with van der Waals surface area (Å²) in [5, 5.41) is 7.91. The van der Waals surface area contributed by atoms with Crippen LogP contribution in [0.5, 0.6) is 0 Å². The Bertz CT molecular complexity index is 127. The largest absolute Gasteiger partial charge is 0.480 e. The minimum absolute atomic E-state index is 0.249. The average Bonchev–Trinajstić information content (AvgIpc) is 1.87. The quantitative estimate of drug-likeness (QED) is 0.618. The third kappa shape index (κ3) is 5.09. The summed E-state index contributed by atoms with van der Waals surface area (Å²) in [5.41, 5.74) is 0. The van der Waals surface area contributed by atoms with E-state index in [0.717, 1.165) is 0 Å². The van der Waals surface area contributed by atoms with E-state index in [2.05, 4.69) is 12.6 Å². The van der Waals surface area contributed by atoms with E-state index in [0.29, 0.717) is 13.0 Å². The van der Waals surface area contributed by atoms with Crippen molar-refractivity contribution in [3.8, 4) is 0 Å². The Hall–Kier alpha value is -0.220. The number of carbonyl (C=O) groups is 1. The van der Waals surface area contributed by atoms with Gasteiger partial charge in [0.25, 0.3) is 0 Å².